The molecule has 0 aliphatic heterocycles. The van der Waals surface area contributed by atoms with Crippen LogP contribution in [0.3, 0.4) is 0 Å². The third kappa shape index (κ3) is 86.8. The van der Waals surface area contributed by atoms with Crippen molar-refractivity contribution in [2.24, 2.45) is 0 Å². The number of esters is 2. The van der Waals surface area contributed by atoms with E-state index in [9.17, 15) is 19.0 Å². The van der Waals surface area contributed by atoms with E-state index in [4.69, 9.17) is 18.5 Å². The molecule has 104 heavy (non-hydrogen) atoms. The zero-order valence-corrected chi connectivity index (χ0v) is 69.3. The average molecular weight is 1470 g/mol. The minimum atomic E-state index is -4.67. The molecule has 9 nitrogen and oxygen atoms in total. The molecule has 0 aromatic carbocycles. The van der Waals surface area contributed by atoms with Crippen molar-refractivity contribution in [1.82, 2.24) is 0 Å². The molecule has 0 heterocycles. The Morgan fingerprint density at radius 1 is 0.308 bits per heavy atom. The molecular formula is C94H164NO8P. The highest BCUT2D eigenvalue weighted by molar-refractivity contribution is 7.45. The highest BCUT2D eigenvalue weighted by Gasteiger charge is 2.22. The Morgan fingerprint density at radius 2 is 0.548 bits per heavy atom. The Hall–Kier alpha value is -4.11. The first kappa shape index (κ1) is 99.9. The Kier molecular flexibility index (Phi) is 79.7. The molecule has 0 rings (SSSR count). The second-order valence-corrected chi connectivity index (χ2v) is 31.6. The van der Waals surface area contributed by atoms with Crippen LogP contribution in [0.15, 0.2) is 146 Å². The van der Waals surface area contributed by atoms with E-state index in [-0.39, 0.29) is 26.1 Å². The lowest BCUT2D eigenvalue weighted by atomic mass is 10.0. The van der Waals surface area contributed by atoms with Crippen LogP contribution in [-0.2, 0) is 32.7 Å². The summed E-state index contributed by atoms with van der Waals surface area (Å²) in [6, 6.07) is 0. The standard InChI is InChI=1S/C94H164NO8P/c1-6-8-10-12-14-16-18-20-22-24-26-28-30-32-34-36-38-40-42-44-46-47-49-50-52-54-56-58-60-62-64-66-68-70-72-74-76-78-80-82-84-86-93(96)100-90-92(91-102-104(98,99)101-89-88-95(3,4)5)103-94(97)87-85-83-81-79-77-75-73-71-69-67-65-63-61-59-57-55-53-51-48-45-43-41-39-37-35-33-31-29-27-25-23-21-19-17-15-13-11-9-7-2/h9,11,15,17,21,23,27,29,33,35,39,41,45,48,53,55,59,61,65,67,71,73,77,79,92H,6-8,10,12-14,16,18-20,22,24-26,28,30-32,34,36-38,40,42-44,46-47,49-52,54,56-58,60,62-64,66,68-70,72,74-76,78,80-91H2,1-5H3/b11-9-,17-15-,23-21-,29-27-,35-33-,41-39-,48-45-,55-53-,61-59-,67-65-,73-71-,79-77-. The van der Waals surface area contributed by atoms with Crippen LogP contribution in [0.1, 0.15) is 386 Å². The molecule has 0 saturated heterocycles. The van der Waals surface area contributed by atoms with Crippen molar-refractivity contribution in [2.45, 2.75) is 392 Å². The minimum absolute atomic E-state index is 0.0452. The molecule has 2 unspecified atom stereocenters. The molecule has 0 aromatic heterocycles. The molecular weight excluding hydrogens is 1300 g/mol. The monoisotopic (exact) mass is 1470 g/mol. The predicted molar refractivity (Wildman–Crippen MR) is 452 cm³/mol. The van der Waals surface area contributed by atoms with Gasteiger partial charge in [0, 0.05) is 12.8 Å². The zero-order chi connectivity index (χ0) is 75.4. The van der Waals surface area contributed by atoms with E-state index < -0.39 is 32.5 Å². The van der Waals surface area contributed by atoms with E-state index in [0.29, 0.717) is 17.4 Å². The number of phosphoric ester groups is 1. The number of unbranched alkanes of at least 4 members (excludes halogenated alkanes) is 42. The maximum atomic E-state index is 12.9. The van der Waals surface area contributed by atoms with Gasteiger partial charge >= 0.3 is 11.9 Å². The Morgan fingerprint density at radius 3 is 0.817 bits per heavy atom. The normalized spacial score (nSPS) is 13.7. The number of ether oxygens (including phenoxy) is 2. The first-order valence-electron chi connectivity index (χ1n) is 43.5. The number of hydrogen-bond donors (Lipinski definition) is 0. The van der Waals surface area contributed by atoms with Gasteiger partial charge in [0.15, 0.2) is 6.10 Å². The Labute approximate surface area is 643 Å². The fraction of sp³-hybridized carbons (Fsp3) is 0.723. The van der Waals surface area contributed by atoms with Crippen LogP contribution in [0, 0.1) is 0 Å². The second kappa shape index (κ2) is 82.9. The highest BCUT2D eigenvalue weighted by Crippen LogP contribution is 2.38. The van der Waals surface area contributed by atoms with E-state index in [2.05, 4.69) is 160 Å². The van der Waals surface area contributed by atoms with Crippen LogP contribution in [-0.4, -0.2) is 70.0 Å². The lowest BCUT2D eigenvalue weighted by Gasteiger charge is -2.28. The number of likely N-dealkylation sites (N-methyl/N-ethyl adjacent to an activating group) is 1. The van der Waals surface area contributed by atoms with Crippen molar-refractivity contribution in [3.63, 3.8) is 0 Å². The molecule has 0 aliphatic carbocycles. The number of nitrogens with zero attached hydrogens (tertiary/aromatic N) is 1. The maximum absolute atomic E-state index is 12.9. The molecule has 2 atom stereocenters. The molecule has 0 aromatic rings. The number of hydrogen-bond acceptors (Lipinski definition) is 8. The van der Waals surface area contributed by atoms with Crippen molar-refractivity contribution < 1.29 is 42.1 Å². The number of carbonyl (C=O) groups excluding carboxylic acids is 2. The third-order valence-corrected chi connectivity index (χ3v) is 19.8. The van der Waals surface area contributed by atoms with E-state index in [1.807, 2.05) is 21.1 Å². The summed E-state index contributed by atoms with van der Waals surface area (Å²) >= 11 is 0. The van der Waals surface area contributed by atoms with Gasteiger partial charge < -0.3 is 27.9 Å². The highest BCUT2D eigenvalue weighted by atomic mass is 31.2. The molecule has 0 radical (unpaired) electrons. The number of carbonyl (C=O) groups is 2. The van der Waals surface area contributed by atoms with Crippen molar-refractivity contribution in [2.75, 3.05) is 47.5 Å². The summed E-state index contributed by atoms with van der Waals surface area (Å²) in [5.74, 6) is -0.880. The molecule has 0 aliphatic rings. The first-order valence-corrected chi connectivity index (χ1v) is 45.0. The third-order valence-electron chi connectivity index (χ3n) is 18.9. The van der Waals surface area contributed by atoms with Crippen LogP contribution in [0.5, 0.6) is 0 Å². The van der Waals surface area contributed by atoms with Crippen LogP contribution in [0.25, 0.3) is 0 Å². The fourth-order valence-electron chi connectivity index (χ4n) is 12.3. The largest absolute Gasteiger partial charge is 0.756 e. The second-order valence-electron chi connectivity index (χ2n) is 30.2. The molecule has 0 N–H and O–H groups in total. The lowest BCUT2D eigenvalue weighted by molar-refractivity contribution is -0.870. The molecule has 0 spiro atoms. The van der Waals surface area contributed by atoms with Crippen molar-refractivity contribution in [3.8, 4) is 0 Å². The molecule has 0 bridgehead atoms. The SMILES string of the molecule is CC/C=C\C/C=C\C/C=C\C/C=C\C/C=C\C/C=C\C/C=C\C/C=C\C/C=C\C/C=C\C/C=C\C/C=C\CCCCC(=O)OC(COC(=O)CCCCCCCCCCCCCCCCCCCCCCCCCCCCCCCCCCCCCCCCCCC)COP(=O)([O-])OCC[N+](C)(C)C. The number of quaternary nitrogens is 1. The Balaban J connectivity index is 4.01. The number of allylic oxidation sites excluding steroid dienone is 24. The van der Waals surface area contributed by atoms with Gasteiger partial charge in [-0.15, -0.1) is 0 Å². The summed E-state index contributed by atoms with van der Waals surface area (Å²) < 4.78 is 34.4. The van der Waals surface area contributed by atoms with Crippen LogP contribution in [0.2, 0.25) is 0 Å². The minimum Gasteiger partial charge on any atom is -0.756 e. The lowest BCUT2D eigenvalue weighted by Crippen LogP contribution is -2.37. The summed E-state index contributed by atoms with van der Waals surface area (Å²) in [6.45, 7) is 4.11. The smallest absolute Gasteiger partial charge is 0.306 e. The van der Waals surface area contributed by atoms with Gasteiger partial charge in [-0.05, 0) is 103 Å². The van der Waals surface area contributed by atoms with Gasteiger partial charge in [-0.1, -0.05) is 417 Å². The fourth-order valence-corrected chi connectivity index (χ4v) is 13.0. The van der Waals surface area contributed by atoms with Crippen LogP contribution >= 0.6 is 7.82 Å². The maximum Gasteiger partial charge on any atom is 0.306 e. The van der Waals surface area contributed by atoms with E-state index in [1.54, 1.807) is 0 Å². The molecule has 0 saturated carbocycles. The van der Waals surface area contributed by atoms with Crippen molar-refractivity contribution in [3.05, 3.63) is 146 Å². The number of rotatable bonds is 80. The summed E-state index contributed by atoms with van der Waals surface area (Å²) in [6.07, 6.45) is 123. The molecule has 10 heteroatoms. The molecule has 0 amide bonds. The Bertz CT molecular complexity index is 2280. The topological polar surface area (TPSA) is 111 Å². The number of phosphoric acid groups is 1. The van der Waals surface area contributed by atoms with Crippen molar-refractivity contribution in [1.29, 1.82) is 0 Å². The van der Waals surface area contributed by atoms with E-state index >= 15 is 0 Å². The van der Waals surface area contributed by atoms with Gasteiger partial charge in [0.25, 0.3) is 7.82 Å². The quantitative estimate of drug-likeness (QED) is 0.0195. The summed E-state index contributed by atoms with van der Waals surface area (Å²) in [5.41, 5.74) is 0. The van der Waals surface area contributed by atoms with Gasteiger partial charge in [0.05, 0.1) is 27.7 Å². The molecule has 598 valence electrons. The van der Waals surface area contributed by atoms with Crippen LogP contribution in [0.4, 0.5) is 0 Å². The van der Waals surface area contributed by atoms with Gasteiger partial charge in [-0.25, -0.2) is 0 Å². The molecule has 0 fully saturated rings. The van der Waals surface area contributed by atoms with Gasteiger partial charge in [-0.3, -0.25) is 14.2 Å². The predicted octanol–water partition coefficient (Wildman–Crippen LogP) is 29.0. The van der Waals surface area contributed by atoms with Gasteiger partial charge in [0.1, 0.15) is 19.8 Å². The van der Waals surface area contributed by atoms with Crippen LogP contribution < -0.4 is 4.89 Å². The van der Waals surface area contributed by atoms with Gasteiger partial charge in [-0.2, -0.15) is 0 Å². The van der Waals surface area contributed by atoms with E-state index in [0.717, 1.165) is 109 Å². The summed E-state index contributed by atoms with van der Waals surface area (Å²) in [7, 11) is 1.13. The zero-order valence-electron chi connectivity index (χ0n) is 68.4. The van der Waals surface area contributed by atoms with E-state index in [1.165, 1.54) is 244 Å². The summed E-state index contributed by atoms with van der Waals surface area (Å²) in [5, 5.41) is 0. The first-order chi connectivity index (χ1) is 51.0. The summed E-state index contributed by atoms with van der Waals surface area (Å²) in [4.78, 5) is 38.2. The van der Waals surface area contributed by atoms with Gasteiger partial charge in [0.2, 0.25) is 0 Å². The van der Waals surface area contributed by atoms with Crippen molar-refractivity contribution >= 4 is 19.8 Å². The average Bonchev–Trinajstić information content (AvgIpc) is 0.915.